The van der Waals surface area contributed by atoms with Gasteiger partial charge in [0.1, 0.15) is 12.4 Å². The van der Waals surface area contributed by atoms with Gasteiger partial charge in [0.25, 0.3) is 0 Å². The number of nitrogens with one attached hydrogen (secondary N) is 1. The first-order valence-corrected chi connectivity index (χ1v) is 8.56. The first-order chi connectivity index (χ1) is 11.9. The van der Waals surface area contributed by atoms with E-state index in [0.717, 1.165) is 31.2 Å². The van der Waals surface area contributed by atoms with Crippen molar-refractivity contribution in [2.45, 2.75) is 18.9 Å². The van der Waals surface area contributed by atoms with E-state index < -0.39 is 0 Å². The Labute approximate surface area is 142 Å². The number of hydrogen-bond acceptors (Lipinski definition) is 5. The van der Waals surface area contributed by atoms with Crippen LogP contribution in [-0.4, -0.2) is 42.5 Å². The van der Waals surface area contributed by atoms with Gasteiger partial charge >= 0.3 is 0 Å². The SMILES string of the molecule is C1=C(CNC[C@@H]2CCCN2c2cccnn2)COc2ccccc21. The van der Waals surface area contributed by atoms with Crippen LogP contribution in [0.1, 0.15) is 18.4 Å². The third kappa shape index (κ3) is 3.26. The minimum absolute atomic E-state index is 0.485. The molecule has 1 aromatic heterocycles. The first-order valence-electron chi connectivity index (χ1n) is 8.56. The van der Waals surface area contributed by atoms with Gasteiger partial charge in [-0.1, -0.05) is 18.2 Å². The molecule has 3 heterocycles. The highest BCUT2D eigenvalue weighted by molar-refractivity contribution is 5.62. The molecule has 2 aromatic rings. The molecule has 0 amide bonds. The van der Waals surface area contributed by atoms with Crippen LogP contribution in [-0.2, 0) is 0 Å². The number of fused-ring (bicyclic) bond motifs is 1. The van der Waals surface area contributed by atoms with Gasteiger partial charge < -0.3 is 15.0 Å². The van der Waals surface area contributed by atoms with Gasteiger partial charge in [0.05, 0.1) is 0 Å². The van der Waals surface area contributed by atoms with Crippen molar-refractivity contribution in [2.75, 3.05) is 31.1 Å². The summed E-state index contributed by atoms with van der Waals surface area (Å²) in [7, 11) is 0. The fraction of sp³-hybridized carbons (Fsp3) is 0.368. The van der Waals surface area contributed by atoms with Crippen LogP contribution in [0.2, 0.25) is 0 Å². The lowest BCUT2D eigenvalue weighted by Crippen LogP contribution is -2.39. The Hall–Kier alpha value is -2.40. The first kappa shape index (κ1) is 15.1. The molecule has 1 aromatic carbocycles. The molecule has 1 saturated heterocycles. The number of hydrogen-bond donors (Lipinski definition) is 1. The van der Waals surface area contributed by atoms with E-state index in [1.165, 1.54) is 24.0 Å². The second-order valence-corrected chi connectivity index (χ2v) is 6.33. The summed E-state index contributed by atoms with van der Waals surface area (Å²) >= 11 is 0. The zero-order valence-electron chi connectivity index (χ0n) is 13.7. The van der Waals surface area contributed by atoms with Crippen LogP contribution in [0.3, 0.4) is 0 Å². The topological polar surface area (TPSA) is 50.3 Å². The second kappa shape index (κ2) is 7.01. The third-order valence-electron chi connectivity index (χ3n) is 4.65. The van der Waals surface area contributed by atoms with Gasteiger partial charge in [0.15, 0.2) is 5.82 Å². The molecule has 0 radical (unpaired) electrons. The van der Waals surface area contributed by atoms with Crippen molar-refractivity contribution in [3.05, 3.63) is 53.7 Å². The summed E-state index contributed by atoms with van der Waals surface area (Å²) in [6.07, 6.45) is 6.37. The molecule has 5 heteroatoms. The van der Waals surface area contributed by atoms with Crippen molar-refractivity contribution in [3.63, 3.8) is 0 Å². The van der Waals surface area contributed by atoms with Gasteiger partial charge in [-0.15, -0.1) is 5.10 Å². The number of anilines is 1. The zero-order valence-corrected chi connectivity index (χ0v) is 13.7. The molecule has 5 nitrogen and oxygen atoms in total. The lowest BCUT2D eigenvalue weighted by Gasteiger charge is -2.26. The maximum Gasteiger partial charge on any atom is 0.151 e. The minimum Gasteiger partial charge on any atom is -0.489 e. The van der Waals surface area contributed by atoms with Crippen LogP contribution in [0, 0.1) is 0 Å². The Morgan fingerprint density at radius 1 is 1.21 bits per heavy atom. The number of aromatic nitrogens is 2. The summed E-state index contributed by atoms with van der Waals surface area (Å²) in [5, 5.41) is 11.8. The summed E-state index contributed by atoms with van der Waals surface area (Å²) in [5.41, 5.74) is 2.46. The molecule has 1 fully saturated rings. The van der Waals surface area contributed by atoms with Crippen LogP contribution in [0.4, 0.5) is 5.82 Å². The van der Waals surface area contributed by atoms with E-state index in [2.05, 4.69) is 32.6 Å². The Bertz CT molecular complexity index is 716. The summed E-state index contributed by atoms with van der Waals surface area (Å²) in [6, 6.07) is 12.7. The van der Waals surface area contributed by atoms with Gasteiger partial charge in [-0.3, -0.25) is 0 Å². The van der Waals surface area contributed by atoms with E-state index in [4.69, 9.17) is 4.74 Å². The van der Waals surface area contributed by atoms with Crippen molar-refractivity contribution < 1.29 is 4.74 Å². The third-order valence-corrected chi connectivity index (χ3v) is 4.65. The van der Waals surface area contributed by atoms with Crippen molar-refractivity contribution >= 4 is 11.9 Å². The van der Waals surface area contributed by atoms with Gasteiger partial charge in [0, 0.05) is 37.4 Å². The number of rotatable bonds is 5. The Kier molecular flexibility index (Phi) is 4.42. The maximum atomic E-state index is 5.81. The predicted molar refractivity (Wildman–Crippen MR) is 95.2 cm³/mol. The van der Waals surface area contributed by atoms with Gasteiger partial charge in [-0.05, 0) is 42.7 Å². The van der Waals surface area contributed by atoms with E-state index in [0.29, 0.717) is 12.6 Å². The van der Waals surface area contributed by atoms with Gasteiger partial charge in [0.2, 0.25) is 0 Å². The van der Waals surface area contributed by atoms with Crippen LogP contribution in [0.25, 0.3) is 6.08 Å². The molecule has 24 heavy (non-hydrogen) atoms. The van der Waals surface area contributed by atoms with Crippen LogP contribution in [0.15, 0.2) is 48.2 Å². The molecule has 4 rings (SSSR count). The number of ether oxygens (including phenoxy) is 1. The predicted octanol–water partition coefficient (Wildman–Crippen LogP) is 2.51. The Morgan fingerprint density at radius 2 is 2.17 bits per heavy atom. The van der Waals surface area contributed by atoms with Crippen LogP contribution in [0.5, 0.6) is 5.75 Å². The highest BCUT2D eigenvalue weighted by Gasteiger charge is 2.25. The molecular weight excluding hydrogens is 300 g/mol. The molecule has 2 aliphatic rings. The van der Waals surface area contributed by atoms with Gasteiger partial charge in [-0.25, -0.2) is 0 Å². The maximum absolute atomic E-state index is 5.81. The van der Waals surface area contributed by atoms with Crippen molar-refractivity contribution in [2.24, 2.45) is 0 Å². The lowest BCUT2D eigenvalue weighted by atomic mass is 10.1. The summed E-state index contributed by atoms with van der Waals surface area (Å²) in [4.78, 5) is 2.36. The van der Waals surface area contributed by atoms with Crippen LogP contribution < -0.4 is 15.0 Å². The highest BCUT2D eigenvalue weighted by Crippen LogP contribution is 2.26. The van der Waals surface area contributed by atoms with Crippen molar-refractivity contribution in [1.82, 2.24) is 15.5 Å². The molecule has 0 saturated carbocycles. The molecule has 0 spiro atoms. The molecular formula is C19H22N4O. The van der Waals surface area contributed by atoms with E-state index in [1.807, 2.05) is 30.3 Å². The smallest absolute Gasteiger partial charge is 0.151 e. The number of benzene rings is 1. The minimum atomic E-state index is 0.485. The van der Waals surface area contributed by atoms with Gasteiger partial charge in [-0.2, -0.15) is 5.10 Å². The molecule has 0 unspecified atom stereocenters. The highest BCUT2D eigenvalue weighted by atomic mass is 16.5. The van der Waals surface area contributed by atoms with E-state index in [9.17, 15) is 0 Å². The molecule has 0 bridgehead atoms. The molecule has 1 atom stereocenters. The average molecular weight is 322 g/mol. The molecule has 1 N–H and O–H groups in total. The number of para-hydroxylation sites is 1. The zero-order chi connectivity index (χ0) is 16.2. The van der Waals surface area contributed by atoms with E-state index >= 15 is 0 Å². The fourth-order valence-corrected chi connectivity index (χ4v) is 3.46. The Morgan fingerprint density at radius 3 is 3.08 bits per heavy atom. The van der Waals surface area contributed by atoms with Crippen molar-refractivity contribution in [3.8, 4) is 5.75 Å². The van der Waals surface area contributed by atoms with Crippen LogP contribution >= 0.6 is 0 Å². The molecule has 0 aliphatic carbocycles. The second-order valence-electron chi connectivity index (χ2n) is 6.33. The standard InChI is InChI=1S/C19H22N4O/c1-2-7-18-16(5-1)11-15(14-24-18)12-20-13-17-6-4-10-23(17)19-8-3-9-21-22-19/h1-3,5,7-9,11,17,20H,4,6,10,12-14H2/t17-/m0/s1. The lowest BCUT2D eigenvalue weighted by molar-refractivity contribution is 0.342. The largest absolute Gasteiger partial charge is 0.489 e. The average Bonchev–Trinajstić information content (AvgIpc) is 3.11. The monoisotopic (exact) mass is 322 g/mol. The summed E-state index contributed by atoms with van der Waals surface area (Å²) < 4.78 is 5.81. The molecule has 124 valence electrons. The van der Waals surface area contributed by atoms with E-state index in [-0.39, 0.29) is 0 Å². The summed E-state index contributed by atoms with van der Waals surface area (Å²) in [6.45, 7) is 3.54. The normalized spacial score (nSPS) is 19.6. The number of nitrogens with zero attached hydrogens (tertiary/aromatic N) is 3. The Balaban J connectivity index is 1.34. The van der Waals surface area contributed by atoms with E-state index in [1.54, 1.807) is 6.20 Å². The van der Waals surface area contributed by atoms with Crippen molar-refractivity contribution in [1.29, 1.82) is 0 Å². The fourth-order valence-electron chi connectivity index (χ4n) is 3.46. The summed E-state index contributed by atoms with van der Waals surface area (Å²) in [5.74, 6) is 1.96. The molecule has 2 aliphatic heterocycles. The quantitative estimate of drug-likeness (QED) is 0.917.